The van der Waals surface area contributed by atoms with E-state index in [-0.39, 0.29) is 6.04 Å². The van der Waals surface area contributed by atoms with E-state index in [4.69, 9.17) is 0 Å². The van der Waals surface area contributed by atoms with Crippen molar-refractivity contribution in [3.8, 4) is 0 Å². The predicted octanol–water partition coefficient (Wildman–Crippen LogP) is 3.01. The molecular weight excluding hydrogens is 208 g/mol. The monoisotopic (exact) mass is 226 g/mol. The van der Waals surface area contributed by atoms with E-state index in [1.807, 2.05) is 19.4 Å². The molecule has 17 heavy (non-hydrogen) atoms. The van der Waals surface area contributed by atoms with E-state index >= 15 is 0 Å². The zero-order valence-corrected chi connectivity index (χ0v) is 10.6. The number of aromatic nitrogens is 1. The van der Waals surface area contributed by atoms with Crippen LogP contribution in [-0.2, 0) is 0 Å². The summed E-state index contributed by atoms with van der Waals surface area (Å²) in [5.74, 6) is 0. The molecule has 0 fully saturated rings. The summed E-state index contributed by atoms with van der Waals surface area (Å²) in [6.07, 6.45) is 3.81. The second kappa shape index (κ2) is 5.11. The molecule has 0 aliphatic heterocycles. The Morgan fingerprint density at radius 3 is 2.41 bits per heavy atom. The smallest absolute Gasteiger partial charge is 0.0589 e. The van der Waals surface area contributed by atoms with Crippen molar-refractivity contribution in [2.45, 2.75) is 19.9 Å². The molecule has 2 aromatic rings. The molecule has 1 unspecified atom stereocenters. The Labute approximate surface area is 103 Å². The molecule has 0 bridgehead atoms. The summed E-state index contributed by atoms with van der Waals surface area (Å²) in [6, 6.07) is 11.0. The Morgan fingerprint density at radius 2 is 1.76 bits per heavy atom. The third-order valence-electron chi connectivity index (χ3n) is 2.89. The van der Waals surface area contributed by atoms with E-state index < -0.39 is 0 Å². The van der Waals surface area contributed by atoms with Gasteiger partial charge in [-0.2, -0.15) is 0 Å². The van der Waals surface area contributed by atoms with Crippen molar-refractivity contribution in [2.75, 3.05) is 7.05 Å². The molecule has 1 heterocycles. The van der Waals surface area contributed by atoms with Crippen LogP contribution in [0.4, 0.5) is 0 Å². The third kappa shape index (κ3) is 2.71. The van der Waals surface area contributed by atoms with Gasteiger partial charge in [0.1, 0.15) is 0 Å². The summed E-state index contributed by atoms with van der Waals surface area (Å²) in [5, 5.41) is 3.35. The van der Waals surface area contributed by atoms with Gasteiger partial charge in [-0.15, -0.1) is 0 Å². The van der Waals surface area contributed by atoms with E-state index in [1.165, 1.54) is 22.3 Å². The summed E-state index contributed by atoms with van der Waals surface area (Å²) in [5.41, 5.74) is 4.96. The number of hydrogen-bond acceptors (Lipinski definition) is 2. The van der Waals surface area contributed by atoms with Gasteiger partial charge in [-0.1, -0.05) is 35.9 Å². The maximum absolute atomic E-state index is 4.26. The van der Waals surface area contributed by atoms with Crippen LogP contribution in [0.15, 0.2) is 42.7 Å². The van der Waals surface area contributed by atoms with Crippen LogP contribution < -0.4 is 5.32 Å². The number of hydrogen-bond donors (Lipinski definition) is 1. The van der Waals surface area contributed by atoms with Gasteiger partial charge >= 0.3 is 0 Å². The van der Waals surface area contributed by atoms with Crippen molar-refractivity contribution in [3.63, 3.8) is 0 Å². The Hall–Kier alpha value is -1.67. The average molecular weight is 226 g/mol. The maximum atomic E-state index is 4.26. The Kier molecular flexibility index (Phi) is 3.55. The van der Waals surface area contributed by atoms with Crippen LogP contribution >= 0.6 is 0 Å². The van der Waals surface area contributed by atoms with Crippen molar-refractivity contribution < 1.29 is 0 Å². The number of aryl methyl sites for hydroxylation is 2. The second-order valence-corrected chi connectivity index (χ2v) is 4.43. The molecule has 0 radical (unpaired) electrons. The molecule has 2 heteroatoms. The van der Waals surface area contributed by atoms with Gasteiger partial charge in [0.05, 0.1) is 6.04 Å². The quantitative estimate of drug-likeness (QED) is 0.870. The summed E-state index contributed by atoms with van der Waals surface area (Å²) in [6.45, 7) is 4.18. The predicted molar refractivity (Wildman–Crippen MR) is 71.1 cm³/mol. The van der Waals surface area contributed by atoms with Gasteiger partial charge in [-0.3, -0.25) is 4.98 Å². The zero-order valence-electron chi connectivity index (χ0n) is 10.6. The molecule has 0 amide bonds. The van der Waals surface area contributed by atoms with Crippen LogP contribution in [-0.4, -0.2) is 12.0 Å². The fourth-order valence-corrected chi connectivity index (χ4v) is 2.11. The molecule has 1 aromatic heterocycles. The minimum absolute atomic E-state index is 0.210. The molecule has 88 valence electrons. The summed E-state index contributed by atoms with van der Waals surface area (Å²) < 4.78 is 0. The molecule has 2 rings (SSSR count). The summed E-state index contributed by atoms with van der Waals surface area (Å²) >= 11 is 0. The lowest BCUT2D eigenvalue weighted by Gasteiger charge is -2.17. The lowest BCUT2D eigenvalue weighted by atomic mass is 9.98. The van der Waals surface area contributed by atoms with Crippen molar-refractivity contribution >= 4 is 0 Å². The van der Waals surface area contributed by atoms with Gasteiger partial charge in [0.2, 0.25) is 0 Å². The summed E-state index contributed by atoms with van der Waals surface area (Å²) in [7, 11) is 1.98. The number of rotatable bonds is 3. The average Bonchev–Trinajstić information content (AvgIpc) is 2.30. The summed E-state index contributed by atoms with van der Waals surface area (Å²) in [4.78, 5) is 4.26. The highest BCUT2D eigenvalue weighted by molar-refractivity contribution is 5.33. The van der Waals surface area contributed by atoms with Crippen molar-refractivity contribution in [3.05, 3.63) is 65.0 Å². The fraction of sp³-hybridized carbons (Fsp3) is 0.267. The first-order valence-corrected chi connectivity index (χ1v) is 5.86. The van der Waals surface area contributed by atoms with Gasteiger partial charge in [0.15, 0.2) is 0 Å². The molecule has 0 saturated carbocycles. The molecule has 1 N–H and O–H groups in total. The minimum Gasteiger partial charge on any atom is -0.309 e. The highest BCUT2D eigenvalue weighted by atomic mass is 14.9. The molecule has 0 spiro atoms. The van der Waals surface area contributed by atoms with Gasteiger partial charge in [-0.05, 0) is 37.6 Å². The largest absolute Gasteiger partial charge is 0.309 e. The SMILES string of the molecule is CNC(c1cccc(C)c1)c1cncc(C)c1. The van der Waals surface area contributed by atoms with Crippen molar-refractivity contribution in [2.24, 2.45) is 0 Å². The van der Waals surface area contributed by atoms with E-state index in [1.54, 1.807) is 0 Å². The Balaban J connectivity index is 2.40. The van der Waals surface area contributed by atoms with Crippen molar-refractivity contribution in [1.29, 1.82) is 0 Å². The Bertz CT molecular complexity index is 460. The van der Waals surface area contributed by atoms with E-state index in [0.717, 1.165) is 0 Å². The number of nitrogens with zero attached hydrogens (tertiary/aromatic N) is 1. The number of benzene rings is 1. The fourth-order valence-electron chi connectivity index (χ4n) is 2.11. The second-order valence-electron chi connectivity index (χ2n) is 4.43. The van der Waals surface area contributed by atoms with Gasteiger partial charge in [0.25, 0.3) is 0 Å². The van der Waals surface area contributed by atoms with Crippen LogP contribution in [0.5, 0.6) is 0 Å². The standard InChI is InChI=1S/C15H18N2/c1-11-5-4-6-13(7-11)15(16-3)14-8-12(2)9-17-10-14/h4-10,15-16H,1-3H3. The van der Waals surface area contributed by atoms with E-state index in [9.17, 15) is 0 Å². The van der Waals surface area contributed by atoms with E-state index in [2.05, 4.69) is 54.5 Å². The van der Waals surface area contributed by atoms with Crippen LogP contribution in [0.2, 0.25) is 0 Å². The zero-order chi connectivity index (χ0) is 12.3. The lowest BCUT2D eigenvalue weighted by Crippen LogP contribution is -2.18. The minimum atomic E-state index is 0.210. The topological polar surface area (TPSA) is 24.9 Å². The number of nitrogens with one attached hydrogen (secondary N) is 1. The first-order chi connectivity index (χ1) is 8.20. The molecule has 2 nitrogen and oxygen atoms in total. The third-order valence-corrected chi connectivity index (χ3v) is 2.89. The van der Waals surface area contributed by atoms with E-state index in [0.29, 0.717) is 0 Å². The first kappa shape index (κ1) is 11.8. The van der Waals surface area contributed by atoms with Gasteiger partial charge < -0.3 is 5.32 Å². The lowest BCUT2D eigenvalue weighted by molar-refractivity contribution is 0.687. The molecule has 0 saturated heterocycles. The highest BCUT2D eigenvalue weighted by Crippen LogP contribution is 2.22. The van der Waals surface area contributed by atoms with Crippen LogP contribution in [0, 0.1) is 13.8 Å². The van der Waals surface area contributed by atoms with Crippen LogP contribution in [0.25, 0.3) is 0 Å². The molecule has 0 aliphatic rings. The van der Waals surface area contributed by atoms with Crippen molar-refractivity contribution in [1.82, 2.24) is 10.3 Å². The Morgan fingerprint density at radius 1 is 1.00 bits per heavy atom. The molecule has 0 aliphatic carbocycles. The molecule has 1 atom stereocenters. The number of pyridine rings is 1. The van der Waals surface area contributed by atoms with Gasteiger partial charge in [0, 0.05) is 12.4 Å². The first-order valence-electron chi connectivity index (χ1n) is 5.86. The van der Waals surface area contributed by atoms with Crippen LogP contribution in [0.1, 0.15) is 28.3 Å². The maximum Gasteiger partial charge on any atom is 0.0589 e. The van der Waals surface area contributed by atoms with Crippen LogP contribution in [0.3, 0.4) is 0 Å². The molecule has 1 aromatic carbocycles. The normalized spacial score (nSPS) is 12.4. The van der Waals surface area contributed by atoms with Gasteiger partial charge in [-0.25, -0.2) is 0 Å². The molecular formula is C15H18N2. The highest BCUT2D eigenvalue weighted by Gasteiger charge is 2.12.